The fraction of sp³-hybridized carbons (Fsp3) is 0.583. The van der Waals surface area contributed by atoms with Crippen LogP contribution in [-0.4, -0.2) is 28.5 Å². The Bertz CT molecular complexity index is 334. The van der Waals surface area contributed by atoms with Crippen LogP contribution in [0.2, 0.25) is 0 Å². The quantitative estimate of drug-likeness (QED) is 0.788. The van der Waals surface area contributed by atoms with Crippen LogP contribution in [-0.2, 0) is 0 Å². The minimum atomic E-state index is 0.264. The molecule has 2 heterocycles. The van der Waals surface area contributed by atoms with Gasteiger partial charge in [0.15, 0.2) is 0 Å². The van der Waals surface area contributed by atoms with Crippen LogP contribution in [0.3, 0.4) is 0 Å². The molecule has 1 saturated carbocycles. The van der Waals surface area contributed by atoms with Gasteiger partial charge in [-0.2, -0.15) is 0 Å². The Morgan fingerprint density at radius 3 is 2.80 bits per heavy atom. The van der Waals surface area contributed by atoms with Crippen LogP contribution in [0.1, 0.15) is 31.0 Å². The first-order valence-electron chi connectivity index (χ1n) is 5.78. The molecular weight excluding hydrogens is 186 g/mol. The van der Waals surface area contributed by atoms with Crippen molar-refractivity contribution in [3.8, 4) is 0 Å². The molecule has 15 heavy (non-hydrogen) atoms. The van der Waals surface area contributed by atoms with Crippen molar-refractivity contribution in [2.45, 2.75) is 37.4 Å². The summed E-state index contributed by atoms with van der Waals surface area (Å²) in [6.45, 7) is 1.15. The third-order valence-electron chi connectivity index (χ3n) is 3.49. The van der Waals surface area contributed by atoms with Gasteiger partial charge in [0.1, 0.15) is 0 Å². The molecular formula is C12H17N3. The van der Waals surface area contributed by atoms with Gasteiger partial charge in [-0.1, -0.05) is 6.07 Å². The van der Waals surface area contributed by atoms with Gasteiger partial charge >= 0.3 is 0 Å². The molecule has 2 fully saturated rings. The molecule has 1 saturated heterocycles. The third-order valence-corrected chi connectivity index (χ3v) is 3.49. The molecule has 1 aliphatic heterocycles. The second-order valence-corrected chi connectivity index (χ2v) is 4.62. The van der Waals surface area contributed by atoms with Crippen LogP contribution in [0, 0.1) is 0 Å². The van der Waals surface area contributed by atoms with E-state index in [1.54, 1.807) is 0 Å². The monoisotopic (exact) mass is 203 g/mol. The molecule has 3 heteroatoms. The molecule has 0 spiro atoms. The SMILES string of the molecule is NC1CCN(C2CC2)C1c1ccccn1. The average Bonchev–Trinajstić information content (AvgIpc) is 3.04. The zero-order chi connectivity index (χ0) is 10.3. The minimum absolute atomic E-state index is 0.264. The largest absolute Gasteiger partial charge is 0.326 e. The molecule has 2 unspecified atom stereocenters. The Hall–Kier alpha value is -0.930. The number of nitrogens with zero attached hydrogens (tertiary/aromatic N) is 2. The Balaban J connectivity index is 1.88. The van der Waals surface area contributed by atoms with Gasteiger partial charge in [0.05, 0.1) is 11.7 Å². The van der Waals surface area contributed by atoms with Gasteiger partial charge in [-0.05, 0) is 31.4 Å². The smallest absolute Gasteiger partial charge is 0.0676 e. The zero-order valence-electron chi connectivity index (χ0n) is 8.84. The fourth-order valence-electron chi connectivity index (χ4n) is 2.60. The van der Waals surface area contributed by atoms with Crippen molar-refractivity contribution < 1.29 is 0 Å². The molecule has 0 radical (unpaired) electrons. The number of hydrogen-bond donors (Lipinski definition) is 1. The van der Waals surface area contributed by atoms with E-state index in [9.17, 15) is 0 Å². The second kappa shape index (κ2) is 3.58. The summed E-state index contributed by atoms with van der Waals surface area (Å²) >= 11 is 0. The maximum absolute atomic E-state index is 6.19. The van der Waals surface area contributed by atoms with Crippen molar-refractivity contribution in [2.24, 2.45) is 5.73 Å². The summed E-state index contributed by atoms with van der Waals surface area (Å²) in [4.78, 5) is 7.00. The van der Waals surface area contributed by atoms with Crippen molar-refractivity contribution >= 4 is 0 Å². The lowest BCUT2D eigenvalue weighted by atomic mass is 10.1. The molecule has 0 amide bonds. The molecule has 2 N–H and O–H groups in total. The van der Waals surface area contributed by atoms with Gasteiger partial charge in [-0.15, -0.1) is 0 Å². The molecule has 3 rings (SSSR count). The van der Waals surface area contributed by atoms with Crippen LogP contribution < -0.4 is 5.73 Å². The number of aromatic nitrogens is 1. The van der Waals surface area contributed by atoms with Crippen LogP contribution in [0.5, 0.6) is 0 Å². The van der Waals surface area contributed by atoms with Crippen LogP contribution >= 0.6 is 0 Å². The lowest BCUT2D eigenvalue weighted by molar-refractivity contribution is 0.233. The summed E-state index contributed by atoms with van der Waals surface area (Å²) in [5.41, 5.74) is 7.33. The average molecular weight is 203 g/mol. The van der Waals surface area contributed by atoms with Crippen molar-refractivity contribution in [3.63, 3.8) is 0 Å². The van der Waals surface area contributed by atoms with Crippen molar-refractivity contribution in [3.05, 3.63) is 30.1 Å². The molecule has 80 valence electrons. The first kappa shape index (κ1) is 9.31. The maximum atomic E-state index is 6.19. The van der Waals surface area contributed by atoms with Crippen molar-refractivity contribution in [2.75, 3.05) is 6.54 Å². The highest BCUT2D eigenvalue weighted by molar-refractivity contribution is 5.15. The van der Waals surface area contributed by atoms with Gasteiger partial charge in [0.25, 0.3) is 0 Å². The number of likely N-dealkylation sites (tertiary alicyclic amines) is 1. The van der Waals surface area contributed by atoms with Crippen LogP contribution in [0.25, 0.3) is 0 Å². The highest BCUT2D eigenvalue weighted by atomic mass is 15.3. The molecule has 2 atom stereocenters. The summed E-state index contributed by atoms with van der Waals surface area (Å²) in [6, 6.07) is 7.53. The van der Waals surface area contributed by atoms with Crippen molar-refractivity contribution in [1.29, 1.82) is 0 Å². The Kier molecular flexibility index (Phi) is 2.22. The van der Waals surface area contributed by atoms with Gasteiger partial charge < -0.3 is 5.73 Å². The van der Waals surface area contributed by atoms with E-state index < -0.39 is 0 Å². The molecule has 0 bridgehead atoms. The van der Waals surface area contributed by atoms with E-state index in [4.69, 9.17) is 5.73 Å². The summed E-state index contributed by atoms with van der Waals surface area (Å²) in [5.74, 6) is 0. The molecule has 3 nitrogen and oxygen atoms in total. The van der Waals surface area contributed by atoms with Gasteiger partial charge in [-0.25, -0.2) is 0 Å². The molecule has 1 aromatic heterocycles. The number of nitrogens with two attached hydrogens (primary N) is 1. The maximum Gasteiger partial charge on any atom is 0.0676 e. The minimum Gasteiger partial charge on any atom is -0.326 e. The summed E-state index contributed by atoms with van der Waals surface area (Å²) in [5, 5.41) is 0. The zero-order valence-corrected chi connectivity index (χ0v) is 8.84. The summed E-state index contributed by atoms with van der Waals surface area (Å²) in [7, 11) is 0. The highest BCUT2D eigenvalue weighted by Gasteiger charge is 2.41. The molecule has 2 aliphatic rings. The van der Waals surface area contributed by atoms with E-state index in [0.29, 0.717) is 6.04 Å². The second-order valence-electron chi connectivity index (χ2n) is 4.62. The topological polar surface area (TPSA) is 42.1 Å². The third kappa shape index (κ3) is 1.66. The first-order valence-corrected chi connectivity index (χ1v) is 5.78. The lowest BCUT2D eigenvalue weighted by Gasteiger charge is -2.25. The standard InChI is InChI=1S/C12H17N3/c13-10-6-8-15(9-4-5-9)12(10)11-3-1-2-7-14-11/h1-3,7,9-10,12H,4-6,8,13H2. The predicted molar refractivity (Wildman–Crippen MR) is 59.3 cm³/mol. The van der Waals surface area contributed by atoms with Crippen molar-refractivity contribution in [1.82, 2.24) is 9.88 Å². The Labute approximate surface area is 90.3 Å². The Morgan fingerprint density at radius 2 is 2.13 bits per heavy atom. The molecule has 1 aromatic rings. The normalized spacial score (nSPS) is 32.1. The van der Waals surface area contributed by atoms with Gasteiger partial charge in [-0.3, -0.25) is 9.88 Å². The lowest BCUT2D eigenvalue weighted by Crippen LogP contribution is -2.33. The van der Waals surface area contributed by atoms with E-state index in [1.165, 1.54) is 12.8 Å². The Morgan fingerprint density at radius 1 is 1.27 bits per heavy atom. The van der Waals surface area contributed by atoms with E-state index in [0.717, 1.165) is 24.7 Å². The summed E-state index contributed by atoms with van der Waals surface area (Å²) < 4.78 is 0. The van der Waals surface area contributed by atoms with Gasteiger partial charge in [0.2, 0.25) is 0 Å². The highest BCUT2D eigenvalue weighted by Crippen LogP contribution is 2.39. The molecule has 0 aromatic carbocycles. The first-order chi connectivity index (χ1) is 7.36. The van der Waals surface area contributed by atoms with E-state index in [1.807, 2.05) is 12.3 Å². The van der Waals surface area contributed by atoms with Gasteiger partial charge in [0, 0.05) is 24.8 Å². The molecule has 1 aliphatic carbocycles. The van der Waals surface area contributed by atoms with E-state index in [-0.39, 0.29) is 6.04 Å². The predicted octanol–water partition coefficient (Wildman–Crippen LogP) is 1.32. The fourth-order valence-corrected chi connectivity index (χ4v) is 2.60. The van der Waals surface area contributed by atoms with Crippen LogP contribution in [0.15, 0.2) is 24.4 Å². The number of hydrogen-bond acceptors (Lipinski definition) is 3. The van der Waals surface area contributed by atoms with E-state index >= 15 is 0 Å². The number of pyridine rings is 1. The number of rotatable bonds is 2. The van der Waals surface area contributed by atoms with Crippen LogP contribution in [0.4, 0.5) is 0 Å². The van der Waals surface area contributed by atoms with E-state index in [2.05, 4.69) is 22.0 Å². The summed E-state index contributed by atoms with van der Waals surface area (Å²) in [6.07, 6.45) is 5.66.